The van der Waals surface area contributed by atoms with Crippen LogP contribution < -0.4 is 11.1 Å². The molecule has 13 heavy (non-hydrogen) atoms. The van der Waals surface area contributed by atoms with Gasteiger partial charge in [0, 0.05) is 13.0 Å². The van der Waals surface area contributed by atoms with Crippen molar-refractivity contribution >= 4 is 12.0 Å². The maximum absolute atomic E-state index is 10.5. The predicted molar refractivity (Wildman–Crippen MR) is 47.0 cm³/mol. The van der Waals surface area contributed by atoms with Crippen LogP contribution in [0.1, 0.15) is 25.7 Å². The van der Waals surface area contributed by atoms with Crippen molar-refractivity contribution in [1.29, 1.82) is 0 Å². The summed E-state index contributed by atoms with van der Waals surface area (Å²) in [5, 5.41) is 2.53. The third kappa shape index (κ3) is 8.65. The van der Waals surface area contributed by atoms with E-state index in [0.717, 1.165) is 12.8 Å². The van der Waals surface area contributed by atoms with Crippen LogP contribution in [0.15, 0.2) is 0 Å². The summed E-state index contributed by atoms with van der Waals surface area (Å²) in [7, 11) is 1.31. The lowest BCUT2D eigenvalue weighted by atomic mass is 10.2. The molecule has 0 fully saturated rings. The Hall–Kier alpha value is -1.26. The molecule has 0 bridgehead atoms. The third-order valence-corrected chi connectivity index (χ3v) is 1.54. The smallest absolute Gasteiger partial charge is 0.406 e. The second-order valence-electron chi connectivity index (χ2n) is 2.65. The summed E-state index contributed by atoms with van der Waals surface area (Å²) < 4.78 is 4.36. The van der Waals surface area contributed by atoms with E-state index < -0.39 is 12.0 Å². The first-order chi connectivity index (χ1) is 6.16. The summed E-state index contributed by atoms with van der Waals surface area (Å²) in [6.45, 7) is 0.554. The molecule has 0 heterocycles. The molecule has 2 N–H and O–H groups in total. The highest BCUT2D eigenvalue weighted by atomic mass is 16.5. The van der Waals surface area contributed by atoms with E-state index in [0.29, 0.717) is 19.4 Å². The quantitative estimate of drug-likeness (QED) is 0.622. The fourth-order valence-electron chi connectivity index (χ4n) is 0.850. The number of carbonyl (C=O) groups excluding carboxylic acids is 2. The number of unbranched alkanes of at least 4 members (excludes halogenated alkanes) is 2. The molecule has 0 atom stereocenters. The molecule has 0 aliphatic heterocycles. The molecule has 1 radical (unpaired) electrons. The van der Waals surface area contributed by atoms with Crippen molar-refractivity contribution in [3.05, 3.63) is 0 Å². The fourth-order valence-corrected chi connectivity index (χ4v) is 0.850. The van der Waals surface area contributed by atoms with Crippen molar-refractivity contribution in [1.82, 2.24) is 11.1 Å². The van der Waals surface area contributed by atoms with Gasteiger partial charge < -0.3 is 10.1 Å². The molecule has 0 saturated heterocycles. The highest BCUT2D eigenvalue weighted by Gasteiger charge is 1.97. The van der Waals surface area contributed by atoms with Crippen molar-refractivity contribution in [3.8, 4) is 0 Å². The number of hydrogen-bond acceptors (Lipinski definition) is 3. The average molecular weight is 187 g/mol. The Morgan fingerprint density at radius 2 is 2.00 bits per heavy atom. The first kappa shape index (κ1) is 11.7. The van der Waals surface area contributed by atoms with Gasteiger partial charge >= 0.3 is 6.09 Å². The van der Waals surface area contributed by atoms with Crippen LogP contribution in [0.3, 0.4) is 0 Å². The van der Waals surface area contributed by atoms with Gasteiger partial charge in [-0.25, -0.2) is 4.79 Å². The summed E-state index contributed by atoms with van der Waals surface area (Å²) >= 11 is 0. The number of rotatable bonds is 6. The van der Waals surface area contributed by atoms with Crippen LogP contribution in [0.2, 0.25) is 0 Å². The number of carbonyl (C=O) groups is 2. The van der Waals surface area contributed by atoms with E-state index in [-0.39, 0.29) is 0 Å². The van der Waals surface area contributed by atoms with E-state index in [1.165, 1.54) is 7.11 Å². The van der Waals surface area contributed by atoms with Gasteiger partial charge in [-0.15, -0.1) is 0 Å². The molecule has 5 heteroatoms. The molecule has 0 spiro atoms. The topological polar surface area (TPSA) is 79.2 Å². The lowest BCUT2D eigenvalue weighted by molar-refractivity contribution is -0.118. The molecule has 0 aromatic rings. The zero-order valence-electron chi connectivity index (χ0n) is 7.76. The van der Waals surface area contributed by atoms with E-state index in [1.807, 2.05) is 0 Å². The number of nitrogens with one attached hydrogen (secondary N) is 2. The first-order valence-corrected chi connectivity index (χ1v) is 4.23. The minimum atomic E-state index is -0.527. The van der Waals surface area contributed by atoms with Crippen LogP contribution in [0.5, 0.6) is 0 Å². The molecule has 0 aliphatic rings. The number of alkyl carbamates (subject to hydrolysis) is 1. The molecule has 0 aliphatic carbocycles. The SMILES string of the molecule is COC(=O)NCCCCCC([NH])=O. The fraction of sp³-hybridized carbons (Fsp3) is 0.750. The molecular weight excluding hydrogens is 172 g/mol. The summed E-state index contributed by atoms with van der Waals surface area (Å²) in [5.41, 5.74) is 6.63. The van der Waals surface area contributed by atoms with Crippen LogP contribution in [-0.4, -0.2) is 25.7 Å². The number of methoxy groups -OCH3 is 1. The Balaban J connectivity index is 3.08. The Morgan fingerprint density at radius 3 is 2.54 bits per heavy atom. The summed E-state index contributed by atoms with van der Waals surface area (Å²) in [6, 6.07) is 0. The van der Waals surface area contributed by atoms with Crippen LogP contribution >= 0.6 is 0 Å². The van der Waals surface area contributed by atoms with Crippen molar-refractivity contribution in [2.24, 2.45) is 0 Å². The molecule has 0 saturated carbocycles. The van der Waals surface area contributed by atoms with E-state index in [9.17, 15) is 9.59 Å². The van der Waals surface area contributed by atoms with Gasteiger partial charge in [0.1, 0.15) is 0 Å². The Bertz CT molecular complexity index is 171. The van der Waals surface area contributed by atoms with Gasteiger partial charge in [-0.3, -0.25) is 10.5 Å². The average Bonchev–Trinajstić information content (AvgIpc) is 2.10. The van der Waals surface area contributed by atoms with Crippen LogP contribution in [-0.2, 0) is 9.53 Å². The molecule has 75 valence electrons. The Labute approximate surface area is 77.6 Å². The number of ether oxygens (including phenoxy) is 1. The van der Waals surface area contributed by atoms with E-state index in [4.69, 9.17) is 5.73 Å². The molecule has 0 unspecified atom stereocenters. The molecule has 0 aromatic heterocycles. The summed E-state index contributed by atoms with van der Waals surface area (Å²) in [5.74, 6) is -0.527. The molecule has 5 nitrogen and oxygen atoms in total. The van der Waals surface area contributed by atoms with Crippen LogP contribution in [0, 0.1) is 0 Å². The van der Waals surface area contributed by atoms with Crippen molar-refractivity contribution in [2.75, 3.05) is 13.7 Å². The highest BCUT2D eigenvalue weighted by Crippen LogP contribution is 1.98. The molecule has 0 aromatic carbocycles. The molecule has 0 rings (SSSR count). The highest BCUT2D eigenvalue weighted by molar-refractivity contribution is 5.72. The number of amides is 2. The van der Waals surface area contributed by atoms with Gasteiger partial charge in [-0.1, -0.05) is 6.42 Å². The zero-order chi connectivity index (χ0) is 10.1. The van der Waals surface area contributed by atoms with Gasteiger partial charge in [0.05, 0.1) is 7.11 Å². The van der Waals surface area contributed by atoms with Gasteiger partial charge in [0.25, 0.3) is 0 Å². The minimum absolute atomic E-state index is 0.304. The number of hydrogen-bond donors (Lipinski definition) is 1. The van der Waals surface area contributed by atoms with Crippen molar-refractivity contribution in [2.45, 2.75) is 25.7 Å². The maximum atomic E-state index is 10.5. The summed E-state index contributed by atoms with van der Waals surface area (Å²) in [4.78, 5) is 20.7. The minimum Gasteiger partial charge on any atom is -0.453 e. The van der Waals surface area contributed by atoms with Crippen LogP contribution in [0.4, 0.5) is 4.79 Å². The molecular formula is C8H15N2O3. The largest absolute Gasteiger partial charge is 0.453 e. The standard InChI is InChI=1S/C8H15N2O3/c1-13-8(12)10-6-4-2-3-5-7(9)11/h9H,2-6H2,1H3,(H,10,12). The normalized spacial score (nSPS) is 9.31. The lowest BCUT2D eigenvalue weighted by Crippen LogP contribution is -2.23. The van der Waals surface area contributed by atoms with E-state index in [2.05, 4.69) is 10.1 Å². The maximum Gasteiger partial charge on any atom is 0.406 e. The van der Waals surface area contributed by atoms with E-state index >= 15 is 0 Å². The predicted octanol–water partition coefficient (Wildman–Crippen LogP) is 0.712. The first-order valence-electron chi connectivity index (χ1n) is 4.23. The molecule has 2 amide bonds. The van der Waals surface area contributed by atoms with Gasteiger partial charge in [-0.2, -0.15) is 0 Å². The second-order valence-corrected chi connectivity index (χ2v) is 2.65. The van der Waals surface area contributed by atoms with Crippen molar-refractivity contribution in [3.63, 3.8) is 0 Å². The Kier molecular flexibility index (Phi) is 6.68. The zero-order valence-corrected chi connectivity index (χ0v) is 7.76. The Morgan fingerprint density at radius 1 is 1.31 bits per heavy atom. The van der Waals surface area contributed by atoms with Gasteiger partial charge in [0.15, 0.2) is 0 Å². The van der Waals surface area contributed by atoms with Crippen LogP contribution in [0.25, 0.3) is 0 Å². The monoisotopic (exact) mass is 187 g/mol. The van der Waals surface area contributed by atoms with Gasteiger partial charge in [-0.05, 0) is 12.8 Å². The van der Waals surface area contributed by atoms with E-state index in [1.54, 1.807) is 0 Å². The van der Waals surface area contributed by atoms with Crippen molar-refractivity contribution < 1.29 is 14.3 Å². The third-order valence-electron chi connectivity index (χ3n) is 1.54. The lowest BCUT2D eigenvalue weighted by Gasteiger charge is -2.02. The summed E-state index contributed by atoms with van der Waals surface area (Å²) in [6.07, 6.45) is 2.23. The van der Waals surface area contributed by atoms with Gasteiger partial charge in [0.2, 0.25) is 5.91 Å². The second kappa shape index (κ2) is 7.39.